The van der Waals surface area contributed by atoms with Gasteiger partial charge in [0.1, 0.15) is 5.82 Å². The van der Waals surface area contributed by atoms with E-state index in [1.165, 1.54) is 24.0 Å². The van der Waals surface area contributed by atoms with Gasteiger partial charge >= 0.3 is 0 Å². The standard InChI is InChI=1S/C16H20N4/c1-12-6-5-7-14(13(12)2)18-16-17-9-8-15(19-16)20-10-3-4-11-20/h5-9H,3-4,10-11H2,1-2H3,(H,17,18,19). The second kappa shape index (κ2) is 5.49. The predicted octanol–water partition coefficient (Wildman–Crippen LogP) is 3.44. The maximum Gasteiger partial charge on any atom is 0.229 e. The first kappa shape index (κ1) is 12.9. The Kier molecular flexibility index (Phi) is 3.54. The van der Waals surface area contributed by atoms with Crippen molar-refractivity contribution in [3.63, 3.8) is 0 Å². The SMILES string of the molecule is Cc1cccc(Nc2nccc(N3CCCC3)n2)c1C. The quantitative estimate of drug-likeness (QED) is 0.926. The van der Waals surface area contributed by atoms with Gasteiger partial charge in [0.05, 0.1) is 0 Å². The van der Waals surface area contributed by atoms with Crippen LogP contribution in [0.1, 0.15) is 24.0 Å². The van der Waals surface area contributed by atoms with Crippen molar-refractivity contribution in [1.82, 2.24) is 9.97 Å². The molecule has 1 aromatic heterocycles. The number of hydrogen-bond acceptors (Lipinski definition) is 4. The molecule has 1 aliphatic heterocycles. The first-order valence-electron chi connectivity index (χ1n) is 7.15. The molecule has 20 heavy (non-hydrogen) atoms. The van der Waals surface area contributed by atoms with E-state index in [2.05, 4.69) is 52.2 Å². The number of anilines is 3. The van der Waals surface area contributed by atoms with Crippen LogP contribution in [0.5, 0.6) is 0 Å². The van der Waals surface area contributed by atoms with Crippen LogP contribution in [0.25, 0.3) is 0 Å². The van der Waals surface area contributed by atoms with E-state index in [0.29, 0.717) is 5.95 Å². The maximum atomic E-state index is 4.62. The van der Waals surface area contributed by atoms with Gasteiger partial charge < -0.3 is 10.2 Å². The van der Waals surface area contributed by atoms with Gasteiger partial charge in [0.2, 0.25) is 5.95 Å². The second-order valence-corrected chi connectivity index (χ2v) is 5.31. The fourth-order valence-corrected chi connectivity index (χ4v) is 2.54. The minimum Gasteiger partial charge on any atom is -0.356 e. The van der Waals surface area contributed by atoms with E-state index in [9.17, 15) is 0 Å². The average molecular weight is 268 g/mol. The van der Waals surface area contributed by atoms with Gasteiger partial charge in [-0.2, -0.15) is 4.98 Å². The van der Waals surface area contributed by atoms with Gasteiger partial charge in [0.15, 0.2) is 0 Å². The van der Waals surface area contributed by atoms with Crippen molar-refractivity contribution in [2.75, 3.05) is 23.3 Å². The van der Waals surface area contributed by atoms with Crippen LogP contribution in [-0.4, -0.2) is 23.1 Å². The van der Waals surface area contributed by atoms with Crippen LogP contribution in [0, 0.1) is 13.8 Å². The molecule has 1 N–H and O–H groups in total. The van der Waals surface area contributed by atoms with Crippen LogP contribution >= 0.6 is 0 Å². The molecule has 0 spiro atoms. The molecule has 0 unspecified atom stereocenters. The largest absolute Gasteiger partial charge is 0.356 e. The summed E-state index contributed by atoms with van der Waals surface area (Å²) in [6, 6.07) is 8.21. The Bertz CT molecular complexity index is 603. The average Bonchev–Trinajstić information content (AvgIpc) is 2.98. The lowest BCUT2D eigenvalue weighted by Crippen LogP contribution is -2.19. The molecule has 104 valence electrons. The van der Waals surface area contributed by atoms with Gasteiger partial charge in [-0.3, -0.25) is 0 Å². The van der Waals surface area contributed by atoms with Crippen molar-refractivity contribution < 1.29 is 0 Å². The molecule has 0 atom stereocenters. The summed E-state index contributed by atoms with van der Waals surface area (Å²) in [5.74, 6) is 1.69. The smallest absolute Gasteiger partial charge is 0.229 e. The van der Waals surface area contributed by atoms with Gasteiger partial charge in [0, 0.05) is 25.0 Å². The first-order valence-corrected chi connectivity index (χ1v) is 7.15. The number of aromatic nitrogens is 2. The molecule has 0 bridgehead atoms. The number of benzene rings is 1. The van der Waals surface area contributed by atoms with E-state index in [1.54, 1.807) is 0 Å². The summed E-state index contributed by atoms with van der Waals surface area (Å²) in [6.45, 7) is 6.42. The van der Waals surface area contributed by atoms with Gasteiger partial charge in [-0.05, 0) is 49.9 Å². The fraction of sp³-hybridized carbons (Fsp3) is 0.375. The van der Waals surface area contributed by atoms with Crippen molar-refractivity contribution in [2.45, 2.75) is 26.7 Å². The van der Waals surface area contributed by atoms with E-state index in [0.717, 1.165) is 24.6 Å². The molecule has 1 aromatic carbocycles. The highest BCUT2D eigenvalue weighted by Crippen LogP contribution is 2.23. The molecule has 3 rings (SSSR count). The third-order valence-electron chi connectivity index (χ3n) is 3.92. The normalized spacial score (nSPS) is 14.6. The van der Waals surface area contributed by atoms with E-state index >= 15 is 0 Å². The highest BCUT2D eigenvalue weighted by molar-refractivity contribution is 5.61. The zero-order valence-corrected chi connectivity index (χ0v) is 12.1. The van der Waals surface area contributed by atoms with Crippen molar-refractivity contribution >= 4 is 17.5 Å². The predicted molar refractivity (Wildman–Crippen MR) is 82.7 cm³/mol. The lowest BCUT2D eigenvalue weighted by Gasteiger charge is -2.17. The Morgan fingerprint density at radius 2 is 1.90 bits per heavy atom. The fourth-order valence-electron chi connectivity index (χ4n) is 2.54. The highest BCUT2D eigenvalue weighted by Gasteiger charge is 2.14. The van der Waals surface area contributed by atoms with Crippen molar-refractivity contribution in [3.8, 4) is 0 Å². The Labute approximate surface area is 119 Å². The lowest BCUT2D eigenvalue weighted by molar-refractivity contribution is 0.929. The Hall–Kier alpha value is -2.10. The molecule has 0 radical (unpaired) electrons. The lowest BCUT2D eigenvalue weighted by atomic mass is 10.1. The number of rotatable bonds is 3. The van der Waals surface area contributed by atoms with Gasteiger partial charge in [0.25, 0.3) is 0 Å². The van der Waals surface area contributed by atoms with Gasteiger partial charge in [-0.15, -0.1) is 0 Å². The Morgan fingerprint density at radius 1 is 1.10 bits per heavy atom. The summed E-state index contributed by atoms with van der Waals surface area (Å²) in [4.78, 5) is 11.3. The molecule has 2 aromatic rings. The molecular formula is C16H20N4. The summed E-state index contributed by atoms with van der Waals surface area (Å²) in [7, 11) is 0. The maximum absolute atomic E-state index is 4.62. The second-order valence-electron chi connectivity index (χ2n) is 5.31. The van der Waals surface area contributed by atoms with Crippen LogP contribution in [-0.2, 0) is 0 Å². The number of aryl methyl sites for hydroxylation is 1. The summed E-state index contributed by atoms with van der Waals surface area (Å²) in [5.41, 5.74) is 3.58. The Balaban J connectivity index is 1.83. The summed E-state index contributed by atoms with van der Waals surface area (Å²) in [6.07, 6.45) is 4.33. The van der Waals surface area contributed by atoms with Crippen LogP contribution < -0.4 is 10.2 Å². The van der Waals surface area contributed by atoms with Crippen molar-refractivity contribution in [1.29, 1.82) is 0 Å². The first-order chi connectivity index (χ1) is 9.74. The van der Waals surface area contributed by atoms with E-state index in [1.807, 2.05) is 12.3 Å². The molecule has 4 heteroatoms. The van der Waals surface area contributed by atoms with E-state index < -0.39 is 0 Å². The zero-order valence-electron chi connectivity index (χ0n) is 12.1. The minimum absolute atomic E-state index is 0.670. The zero-order chi connectivity index (χ0) is 13.9. The molecule has 2 heterocycles. The van der Waals surface area contributed by atoms with Crippen LogP contribution in [0.2, 0.25) is 0 Å². The van der Waals surface area contributed by atoms with E-state index in [-0.39, 0.29) is 0 Å². The molecule has 1 aliphatic rings. The van der Waals surface area contributed by atoms with Gasteiger partial charge in [-0.25, -0.2) is 4.98 Å². The van der Waals surface area contributed by atoms with E-state index in [4.69, 9.17) is 0 Å². The molecule has 0 aliphatic carbocycles. The topological polar surface area (TPSA) is 41.1 Å². The third kappa shape index (κ3) is 2.59. The molecular weight excluding hydrogens is 248 g/mol. The number of nitrogens with zero attached hydrogens (tertiary/aromatic N) is 3. The molecule has 4 nitrogen and oxygen atoms in total. The highest BCUT2D eigenvalue weighted by atomic mass is 15.2. The van der Waals surface area contributed by atoms with Crippen molar-refractivity contribution in [2.24, 2.45) is 0 Å². The van der Waals surface area contributed by atoms with Crippen LogP contribution in [0.15, 0.2) is 30.5 Å². The third-order valence-corrected chi connectivity index (χ3v) is 3.92. The molecule has 1 saturated heterocycles. The van der Waals surface area contributed by atoms with Gasteiger partial charge in [-0.1, -0.05) is 12.1 Å². The Morgan fingerprint density at radius 3 is 2.70 bits per heavy atom. The summed E-state index contributed by atoms with van der Waals surface area (Å²) >= 11 is 0. The molecule has 0 amide bonds. The molecule has 1 fully saturated rings. The molecule has 0 saturated carbocycles. The van der Waals surface area contributed by atoms with Crippen LogP contribution in [0.4, 0.5) is 17.5 Å². The number of nitrogens with one attached hydrogen (secondary N) is 1. The number of hydrogen-bond donors (Lipinski definition) is 1. The van der Waals surface area contributed by atoms with Crippen LogP contribution in [0.3, 0.4) is 0 Å². The summed E-state index contributed by atoms with van der Waals surface area (Å²) in [5, 5.41) is 3.33. The minimum atomic E-state index is 0.670. The summed E-state index contributed by atoms with van der Waals surface area (Å²) < 4.78 is 0. The van der Waals surface area contributed by atoms with Crippen molar-refractivity contribution in [3.05, 3.63) is 41.6 Å². The monoisotopic (exact) mass is 268 g/mol.